The molecule has 0 radical (unpaired) electrons. The molecule has 0 amide bonds. The van der Waals surface area contributed by atoms with Crippen molar-refractivity contribution in [2.75, 3.05) is 20.2 Å². The van der Waals surface area contributed by atoms with Crippen molar-refractivity contribution in [1.29, 1.82) is 0 Å². The van der Waals surface area contributed by atoms with E-state index < -0.39 is 0 Å². The second-order valence-electron chi connectivity index (χ2n) is 3.87. The largest absolute Gasteiger partial charge is 0.496 e. The van der Waals surface area contributed by atoms with Gasteiger partial charge in [0.1, 0.15) is 5.75 Å². The maximum Gasteiger partial charge on any atom is 0.122 e. The van der Waals surface area contributed by atoms with Gasteiger partial charge in [0.05, 0.1) is 13.2 Å². The number of methoxy groups -OCH3 is 1. The monoisotopic (exact) mass is 223 g/mol. The van der Waals surface area contributed by atoms with Crippen LogP contribution < -0.4 is 10.1 Å². The third-order valence-corrected chi connectivity index (χ3v) is 2.45. The lowest BCUT2D eigenvalue weighted by molar-refractivity contribution is 0.171. The molecule has 1 aromatic carbocycles. The molecule has 90 valence electrons. The standard InChI is InChI=1S/C13H21NO2/c1-3-8-14-10-12(15)9-11-6-4-5-7-13(11)16-2/h4-7,12,14-15H,3,8-10H2,1-2H3. The fourth-order valence-corrected chi connectivity index (χ4v) is 1.64. The van der Waals surface area contributed by atoms with E-state index in [0.29, 0.717) is 13.0 Å². The molecule has 1 aromatic rings. The molecule has 0 saturated heterocycles. The smallest absolute Gasteiger partial charge is 0.122 e. The summed E-state index contributed by atoms with van der Waals surface area (Å²) >= 11 is 0. The van der Waals surface area contributed by atoms with Crippen LogP contribution in [0.25, 0.3) is 0 Å². The minimum Gasteiger partial charge on any atom is -0.496 e. The summed E-state index contributed by atoms with van der Waals surface area (Å²) in [5.74, 6) is 0.844. The fraction of sp³-hybridized carbons (Fsp3) is 0.538. The molecule has 2 N–H and O–H groups in total. The summed E-state index contributed by atoms with van der Waals surface area (Å²) < 4.78 is 5.24. The molecule has 0 bridgehead atoms. The van der Waals surface area contributed by atoms with Crippen molar-refractivity contribution in [2.24, 2.45) is 0 Å². The Labute approximate surface area is 97.4 Å². The number of nitrogens with one attached hydrogen (secondary N) is 1. The Balaban J connectivity index is 2.45. The molecule has 16 heavy (non-hydrogen) atoms. The number of para-hydroxylation sites is 1. The van der Waals surface area contributed by atoms with Gasteiger partial charge in [-0.3, -0.25) is 0 Å². The molecule has 0 aliphatic heterocycles. The SMILES string of the molecule is CCCNCC(O)Cc1ccccc1OC. The highest BCUT2D eigenvalue weighted by molar-refractivity contribution is 5.33. The number of rotatable bonds is 7. The molecule has 3 nitrogen and oxygen atoms in total. The molecule has 0 aliphatic carbocycles. The highest BCUT2D eigenvalue weighted by Gasteiger charge is 2.08. The maximum absolute atomic E-state index is 9.83. The summed E-state index contributed by atoms with van der Waals surface area (Å²) in [5, 5.41) is 13.0. The first-order valence-corrected chi connectivity index (χ1v) is 5.78. The van der Waals surface area contributed by atoms with E-state index in [1.807, 2.05) is 24.3 Å². The van der Waals surface area contributed by atoms with Crippen molar-refractivity contribution in [1.82, 2.24) is 5.32 Å². The number of aliphatic hydroxyl groups excluding tert-OH is 1. The highest BCUT2D eigenvalue weighted by atomic mass is 16.5. The van der Waals surface area contributed by atoms with Gasteiger partial charge in [-0.25, -0.2) is 0 Å². The van der Waals surface area contributed by atoms with Crippen molar-refractivity contribution in [3.63, 3.8) is 0 Å². The fourth-order valence-electron chi connectivity index (χ4n) is 1.64. The van der Waals surface area contributed by atoms with Crippen LogP contribution in [0.2, 0.25) is 0 Å². The van der Waals surface area contributed by atoms with Crippen LogP contribution in [0.1, 0.15) is 18.9 Å². The lowest BCUT2D eigenvalue weighted by Crippen LogP contribution is -2.28. The second kappa shape index (κ2) is 7.25. The molecule has 3 heteroatoms. The first kappa shape index (κ1) is 13.0. The van der Waals surface area contributed by atoms with Crippen LogP contribution in [0.4, 0.5) is 0 Å². The average Bonchev–Trinajstić information content (AvgIpc) is 2.30. The zero-order valence-corrected chi connectivity index (χ0v) is 10.1. The molecular formula is C13H21NO2. The minimum atomic E-state index is -0.358. The van der Waals surface area contributed by atoms with Gasteiger partial charge in [-0.2, -0.15) is 0 Å². The van der Waals surface area contributed by atoms with Gasteiger partial charge < -0.3 is 15.2 Å². The van der Waals surface area contributed by atoms with Gasteiger partial charge in [0.25, 0.3) is 0 Å². The van der Waals surface area contributed by atoms with E-state index in [4.69, 9.17) is 4.74 Å². The van der Waals surface area contributed by atoms with E-state index in [1.54, 1.807) is 7.11 Å². The first-order chi connectivity index (χ1) is 7.77. The minimum absolute atomic E-state index is 0.358. The van der Waals surface area contributed by atoms with Crippen molar-refractivity contribution in [2.45, 2.75) is 25.9 Å². The third kappa shape index (κ3) is 4.21. The van der Waals surface area contributed by atoms with Crippen LogP contribution >= 0.6 is 0 Å². The van der Waals surface area contributed by atoms with E-state index in [9.17, 15) is 5.11 Å². The summed E-state index contributed by atoms with van der Waals surface area (Å²) in [6.45, 7) is 3.69. The lowest BCUT2D eigenvalue weighted by atomic mass is 10.1. The summed E-state index contributed by atoms with van der Waals surface area (Å²) in [6.07, 6.45) is 1.35. The van der Waals surface area contributed by atoms with E-state index in [2.05, 4.69) is 12.2 Å². The van der Waals surface area contributed by atoms with Crippen LogP contribution in [0.3, 0.4) is 0 Å². The van der Waals surface area contributed by atoms with E-state index in [1.165, 1.54) is 0 Å². The van der Waals surface area contributed by atoms with Crippen molar-refractivity contribution in [3.8, 4) is 5.75 Å². The van der Waals surface area contributed by atoms with Crippen molar-refractivity contribution < 1.29 is 9.84 Å². The molecule has 0 saturated carbocycles. The molecule has 1 unspecified atom stereocenters. The summed E-state index contributed by atoms with van der Waals surface area (Å²) in [6, 6.07) is 7.80. The number of aliphatic hydroxyl groups is 1. The van der Waals surface area contributed by atoms with Crippen molar-refractivity contribution in [3.05, 3.63) is 29.8 Å². The summed E-state index contributed by atoms with van der Waals surface area (Å²) in [7, 11) is 1.65. The zero-order valence-electron chi connectivity index (χ0n) is 10.1. The summed E-state index contributed by atoms with van der Waals surface area (Å²) in [4.78, 5) is 0. The summed E-state index contributed by atoms with van der Waals surface area (Å²) in [5.41, 5.74) is 1.05. The Morgan fingerprint density at radius 2 is 2.12 bits per heavy atom. The molecule has 0 heterocycles. The first-order valence-electron chi connectivity index (χ1n) is 5.78. The normalized spacial score (nSPS) is 12.4. The lowest BCUT2D eigenvalue weighted by Gasteiger charge is -2.13. The Hall–Kier alpha value is -1.06. The quantitative estimate of drug-likeness (QED) is 0.690. The molecule has 0 spiro atoms. The van der Waals surface area contributed by atoms with Crippen LogP contribution in [0, 0.1) is 0 Å². The van der Waals surface area contributed by atoms with Gasteiger partial charge in [0, 0.05) is 13.0 Å². The van der Waals surface area contributed by atoms with Gasteiger partial charge in [-0.05, 0) is 24.6 Å². The molecule has 0 fully saturated rings. The van der Waals surface area contributed by atoms with E-state index in [-0.39, 0.29) is 6.10 Å². The van der Waals surface area contributed by atoms with Crippen LogP contribution in [0.15, 0.2) is 24.3 Å². The van der Waals surface area contributed by atoms with Crippen molar-refractivity contribution >= 4 is 0 Å². The number of benzene rings is 1. The molecular weight excluding hydrogens is 202 g/mol. The number of hydrogen-bond donors (Lipinski definition) is 2. The van der Waals surface area contributed by atoms with Gasteiger partial charge in [-0.15, -0.1) is 0 Å². The Bertz CT molecular complexity index is 302. The molecule has 1 atom stereocenters. The average molecular weight is 223 g/mol. The second-order valence-corrected chi connectivity index (χ2v) is 3.87. The molecule has 0 aliphatic rings. The van der Waals surface area contributed by atoms with Crippen LogP contribution in [0.5, 0.6) is 5.75 Å². The van der Waals surface area contributed by atoms with Gasteiger partial charge in [0.15, 0.2) is 0 Å². The Morgan fingerprint density at radius 1 is 1.38 bits per heavy atom. The predicted octanol–water partition coefficient (Wildman–Crippen LogP) is 1.60. The predicted molar refractivity (Wildman–Crippen MR) is 65.9 cm³/mol. The maximum atomic E-state index is 9.83. The number of hydrogen-bond acceptors (Lipinski definition) is 3. The van der Waals surface area contributed by atoms with Crippen LogP contribution in [-0.2, 0) is 6.42 Å². The number of ether oxygens (including phenoxy) is 1. The molecule has 1 rings (SSSR count). The highest BCUT2D eigenvalue weighted by Crippen LogP contribution is 2.18. The molecule has 0 aromatic heterocycles. The van der Waals surface area contributed by atoms with E-state index in [0.717, 1.165) is 24.3 Å². The van der Waals surface area contributed by atoms with Crippen LogP contribution in [-0.4, -0.2) is 31.4 Å². The van der Waals surface area contributed by atoms with E-state index >= 15 is 0 Å². The zero-order chi connectivity index (χ0) is 11.8. The third-order valence-electron chi connectivity index (χ3n) is 2.45. The van der Waals surface area contributed by atoms with Gasteiger partial charge in [0.2, 0.25) is 0 Å². The van der Waals surface area contributed by atoms with Gasteiger partial charge in [-0.1, -0.05) is 25.1 Å². The topological polar surface area (TPSA) is 41.5 Å². The van der Waals surface area contributed by atoms with Gasteiger partial charge >= 0.3 is 0 Å². The Kier molecular flexibility index (Phi) is 5.90. The Morgan fingerprint density at radius 3 is 2.81 bits per heavy atom.